The predicted molar refractivity (Wildman–Crippen MR) is 82.9 cm³/mol. The van der Waals surface area contributed by atoms with Crippen LogP contribution in [-0.4, -0.2) is 59.4 Å². The summed E-state index contributed by atoms with van der Waals surface area (Å²) in [6.45, 7) is 5.58. The molecule has 1 saturated heterocycles. The van der Waals surface area contributed by atoms with Crippen molar-refractivity contribution < 1.29 is 5.21 Å². The number of rotatable bonds is 3. The van der Waals surface area contributed by atoms with Gasteiger partial charge in [0, 0.05) is 19.1 Å². The first-order valence-corrected chi connectivity index (χ1v) is 7.18. The molecule has 0 spiro atoms. The lowest BCUT2D eigenvalue weighted by molar-refractivity contribution is 0.257. The Kier molecular flexibility index (Phi) is 4.62. The van der Waals surface area contributed by atoms with Gasteiger partial charge in [-0.25, -0.2) is 0 Å². The summed E-state index contributed by atoms with van der Waals surface area (Å²) in [5.41, 5.74) is 8.24. The molecule has 1 fully saturated rings. The molecule has 21 heavy (non-hydrogen) atoms. The lowest BCUT2D eigenvalue weighted by Crippen LogP contribution is -2.46. The van der Waals surface area contributed by atoms with Crippen LogP contribution in [0.3, 0.4) is 0 Å². The first-order chi connectivity index (χ1) is 9.95. The summed E-state index contributed by atoms with van der Waals surface area (Å²) in [6.07, 6.45) is 2.26. The average Bonchev–Trinajstić information content (AvgIpc) is 2.49. The van der Waals surface area contributed by atoms with Gasteiger partial charge in [0.05, 0.1) is 11.3 Å². The van der Waals surface area contributed by atoms with Gasteiger partial charge >= 0.3 is 0 Å². The van der Waals surface area contributed by atoms with Crippen LogP contribution in [0.4, 0.5) is 5.82 Å². The first kappa shape index (κ1) is 15.5. The lowest BCUT2D eigenvalue weighted by atomic mass is 10.0. The van der Waals surface area contributed by atoms with Gasteiger partial charge in [-0.1, -0.05) is 5.16 Å². The molecule has 0 bridgehead atoms. The van der Waals surface area contributed by atoms with Gasteiger partial charge in [-0.05, 0) is 46.3 Å². The molecule has 116 valence electrons. The molecule has 0 aliphatic carbocycles. The fourth-order valence-corrected chi connectivity index (χ4v) is 2.74. The van der Waals surface area contributed by atoms with Crippen molar-refractivity contribution in [2.24, 2.45) is 10.9 Å². The SMILES string of the molecule is Cc1nnc(N2CCCC(N(C)C)C2)c(C(N)=NO)c1C. The van der Waals surface area contributed by atoms with Crippen LogP contribution in [0.5, 0.6) is 0 Å². The Morgan fingerprint density at radius 2 is 2.10 bits per heavy atom. The van der Waals surface area contributed by atoms with Crippen molar-refractivity contribution in [3.8, 4) is 0 Å². The van der Waals surface area contributed by atoms with Crippen LogP contribution in [0.25, 0.3) is 0 Å². The van der Waals surface area contributed by atoms with Crippen LogP contribution in [0, 0.1) is 13.8 Å². The molecule has 3 N–H and O–H groups in total. The molecule has 2 rings (SSSR count). The van der Waals surface area contributed by atoms with E-state index in [0.717, 1.165) is 30.8 Å². The molecular formula is C14H24N6O. The Bertz CT molecular complexity index is 543. The molecule has 1 aromatic heterocycles. The number of nitrogens with two attached hydrogens (primary N) is 1. The average molecular weight is 292 g/mol. The fourth-order valence-electron chi connectivity index (χ4n) is 2.74. The van der Waals surface area contributed by atoms with Gasteiger partial charge in [-0.15, -0.1) is 5.10 Å². The number of aryl methyl sites for hydroxylation is 1. The van der Waals surface area contributed by atoms with Crippen LogP contribution in [0.15, 0.2) is 5.16 Å². The van der Waals surface area contributed by atoms with E-state index < -0.39 is 0 Å². The quantitative estimate of drug-likeness (QED) is 0.369. The van der Waals surface area contributed by atoms with E-state index in [2.05, 4.69) is 39.2 Å². The first-order valence-electron chi connectivity index (χ1n) is 7.18. The minimum Gasteiger partial charge on any atom is -0.409 e. The standard InChI is InChI=1S/C14H24N6O/c1-9-10(2)16-17-14(12(9)13(15)18-21)20-7-5-6-11(8-20)19(3)4/h11,21H,5-8H2,1-4H3,(H2,15,18). The molecule has 0 radical (unpaired) electrons. The van der Waals surface area contributed by atoms with Crippen LogP contribution >= 0.6 is 0 Å². The molecule has 0 aromatic carbocycles. The Morgan fingerprint density at radius 1 is 1.38 bits per heavy atom. The Balaban J connectivity index is 2.41. The van der Waals surface area contributed by atoms with E-state index in [9.17, 15) is 0 Å². The largest absolute Gasteiger partial charge is 0.409 e. The zero-order valence-electron chi connectivity index (χ0n) is 13.2. The van der Waals surface area contributed by atoms with Crippen molar-refractivity contribution in [3.05, 3.63) is 16.8 Å². The summed E-state index contributed by atoms with van der Waals surface area (Å²) in [7, 11) is 4.18. The minimum absolute atomic E-state index is 0.0903. The third-order valence-corrected chi connectivity index (χ3v) is 4.23. The number of aromatic nitrogens is 2. The number of nitrogens with zero attached hydrogens (tertiary/aromatic N) is 5. The van der Waals surface area contributed by atoms with Crippen molar-refractivity contribution in [2.45, 2.75) is 32.7 Å². The number of anilines is 1. The van der Waals surface area contributed by atoms with E-state index >= 15 is 0 Å². The van der Waals surface area contributed by atoms with E-state index in [0.29, 0.717) is 17.4 Å². The highest BCUT2D eigenvalue weighted by atomic mass is 16.4. The van der Waals surface area contributed by atoms with Crippen molar-refractivity contribution in [3.63, 3.8) is 0 Å². The molecule has 1 aliphatic heterocycles. The van der Waals surface area contributed by atoms with Crippen molar-refractivity contribution in [2.75, 3.05) is 32.1 Å². The Labute approximate surface area is 125 Å². The summed E-state index contributed by atoms with van der Waals surface area (Å²) in [6, 6.07) is 0.474. The third kappa shape index (κ3) is 3.07. The van der Waals surface area contributed by atoms with Crippen molar-refractivity contribution in [1.82, 2.24) is 15.1 Å². The highest BCUT2D eigenvalue weighted by Gasteiger charge is 2.26. The van der Waals surface area contributed by atoms with Gasteiger partial charge in [0.15, 0.2) is 11.7 Å². The third-order valence-electron chi connectivity index (χ3n) is 4.23. The highest BCUT2D eigenvalue weighted by molar-refractivity contribution is 6.02. The number of hydrogen-bond donors (Lipinski definition) is 2. The maximum Gasteiger partial charge on any atom is 0.174 e. The molecular weight excluding hydrogens is 268 g/mol. The molecule has 0 amide bonds. The van der Waals surface area contributed by atoms with Crippen LogP contribution in [-0.2, 0) is 0 Å². The monoisotopic (exact) mass is 292 g/mol. The lowest BCUT2D eigenvalue weighted by Gasteiger charge is -2.37. The highest BCUT2D eigenvalue weighted by Crippen LogP contribution is 2.25. The normalized spacial score (nSPS) is 20.1. The zero-order chi connectivity index (χ0) is 15.6. The Morgan fingerprint density at radius 3 is 2.71 bits per heavy atom. The molecule has 1 unspecified atom stereocenters. The maximum atomic E-state index is 9.05. The second kappa shape index (κ2) is 6.26. The van der Waals surface area contributed by atoms with E-state index in [1.54, 1.807) is 0 Å². The van der Waals surface area contributed by atoms with Crippen molar-refractivity contribution in [1.29, 1.82) is 0 Å². The van der Waals surface area contributed by atoms with Gasteiger partial charge in [0.2, 0.25) is 0 Å². The van der Waals surface area contributed by atoms with Gasteiger partial charge in [0.1, 0.15) is 0 Å². The molecule has 2 heterocycles. The number of amidine groups is 1. The summed E-state index contributed by atoms with van der Waals surface area (Å²) < 4.78 is 0. The molecule has 7 heteroatoms. The fraction of sp³-hybridized carbons (Fsp3) is 0.643. The van der Waals surface area contributed by atoms with Crippen LogP contribution in [0.2, 0.25) is 0 Å². The van der Waals surface area contributed by atoms with Gasteiger partial charge in [0.25, 0.3) is 0 Å². The van der Waals surface area contributed by atoms with Crippen molar-refractivity contribution >= 4 is 11.7 Å². The van der Waals surface area contributed by atoms with Gasteiger partial charge in [-0.3, -0.25) is 0 Å². The topological polar surface area (TPSA) is 90.9 Å². The van der Waals surface area contributed by atoms with E-state index in [4.69, 9.17) is 10.9 Å². The maximum absolute atomic E-state index is 9.05. The van der Waals surface area contributed by atoms with E-state index in [-0.39, 0.29) is 5.84 Å². The predicted octanol–water partition coefficient (Wildman–Crippen LogP) is 0.718. The number of piperidine rings is 1. The summed E-state index contributed by atoms with van der Waals surface area (Å²) in [5.74, 6) is 0.799. The number of hydrogen-bond acceptors (Lipinski definition) is 6. The second-order valence-electron chi connectivity index (χ2n) is 5.80. The molecule has 1 aliphatic rings. The van der Waals surface area contributed by atoms with E-state index in [1.165, 1.54) is 6.42 Å². The summed E-state index contributed by atoms with van der Waals surface area (Å²) in [4.78, 5) is 4.41. The smallest absolute Gasteiger partial charge is 0.174 e. The molecule has 0 saturated carbocycles. The van der Waals surface area contributed by atoms with Crippen LogP contribution < -0.4 is 10.6 Å². The zero-order valence-corrected chi connectivity index (χ0v) is 13.2. The van der Waals surface area contributed by atoms with Crippen LogP contribution in [0.1, 0.15) is 29.7 Å². The summed E-state index contributed by atoms with van der Waals surface area (Å²) >= 11 is 0. The number of oxime groups is 1. The van der Waals surface area contributed by atoms with Gasteiger partial charge in [-0.2, -0.15) is 5.10 Å². The van der Waals surface area contributed by atoms with E-state index in [1.807, 2.05) is 13.8 Å². The minimum atomic E-state index is 0.0903. The molecule has 7 nitrogen and oxygen atoms in total. The van der Waals surface area contributed by atoms with Gasteiger partial charge < -0.3 is 20.7 Å². The summed E-state index contributed by atoms with van der Waals surface area (Å²) in [5, 5.41) is 20.7. The second-order valence-corrected chi connectivity index (χ2v) is 5.80. The Hall–Kier alpha value is -1.89. The molecule has 1 atom stereocenters. The number of likely N-dealkylation sites (N-methyl/N-ethyl adjacent to an activating group) is 1. The molecule has 1 aromatic rings.